The van der Waals surface area contributed by atoms with Crippen molar-refractivity contribution < 1.29 is 9.53 Å². The molecule has 1 aliphatic heterocycles. The Kier molecular flexibility index (Phi) is 4.46. The summed E-state index contributed by atoms with van der Waals surface area (Å²) < 4.78 is 7.32. The van der Waals surface area contributed by atoms with E-state index < -0.39 is 0 Å². The lowest BCUT2D eigenvalue weighted by molar-refractivity contribution is -0.116. The fourth-order valence-electron chi connectivity index (χ4n) is 4.62. The van der Waals surface area contributed by atoms with Crippen molar-refractivity contribution in [1.82, 2.24) is 9.78 Å². The minimum absolute atomic E-state index is 0.117. The van der Waals surface area contributed by atoms with E-state index in [2.05, 4.69) is 48.6 Å². The van der Waals surface area contributed by atoms with Crippen molar-refractivity contribution in [2.45, 2.75) is 39.0 Å². The quantitative estimate of drug-likeness (QED) is 0.669. The molecule has 1 unspecified atom stereocenters. The second kappa shape index (κ2) is 7.17. The second-order valence-corrected chi connectivity index (χ2v) is 8.10. The molecule has 2 aliphatic rings. The van der Waals surface area contributed by atoms with Crippen molar-refractivity contribution in [2.24, 2.45) is 0 Å². The van der Waals surface area contributed by atoms with Crippen LogP contribution in [0.5, 0.6) is 5.75 Å². The van der Waals surface area contributed by atoms with Gasteiger partial charge in [0.05, 0.1) is 18.5 Å². The molecule has 0 radical (unpaired) electrons. The summed E-state index contributed by atoms with van der Waals surface area (Å²) in [5, 5.41) is 8.46. The Bertz CT molecular complexity index is 1150. The maximum Gasteiger partial charge on any atom is 0.161 e. The third-order valence-electron chi connectivity index (χ3n) is 6.14. The van der Waals surface area contributed by atoms with Crippen LogP contribution in [0.4, 0.5) is 5.82 Å². The molecule has 0 fully saturated rings. The molecule has 0 bridgehead atoms. The first-order valence-corrected chi connectivity index (χ1v) is 10.4. The number of carbonyl (C=O) groups is 1. The van der Waals surface area contributed by atoms with Crippen molar-refractivity contribution in [3.8, 4) is 11.4 Å². The summed E-state index contributed by atoms with van der Waals surface area (Å²) in [7, 11) is 1.67. The molecule has 0 spiro atoms. The highest BCUT2D eigenvalue weighted by molar-refractivity contribution is 6.01. The second-order valence-electron chi connectivity index (χ2n) is 8.10. The van der Waals surface area contributed by atoms with Gasteiger partial charge in [0, 0.05) is 29.2 Å². The molecule has 1 aliphatic carbocycles. The molecular formula is C25H25N3O2. The van der Waals surface area contributed by atoms with Crippen LogP contribution in [0.2, 0.25) is 0 Å². The maximum atomic E-state index is 13.0. The molecule has 2 aromatic carbocycles. The van der Waals surface area contributed by atoms with Crippen molar-refractivity contribution in [2.75, 3.05) is 12.4 Å². The number of anilines is 1. The van der Waals surface area contributed by atoms with E-state index in [1.807, 2.05) is 23.7 Å². The molecule has 152 valence electrons. The first-order valence-electron chi connectivity index (χ1n) is 10.4. The van der Waals surface area contributed by atoms with E-state index in [0.717, 1.165) is 58.2 Å². The van der Waals surface area contributed by atoms with E-state index in [0.29, 0.717) is 6.42 Å². The summed E-state index contributed by atoms with van der Waals surface area (Å²) in [6.45, 7) is 4.11. The molecule has 1 N–H and O–H groups in total. The van der Waals surface area contributed by atoms with Gasteiger partial charge in [-0.05, 0) is 56.5 Å². The maximum absolute atomic E-state index is 13.0. The lowest BCUT2D eigenvalue weighted by Gasteiger charge is -2.33. The Balaban J connectivity index is 1.71. The summed E-state index contributed by atoms with van der Waals surface area (Å²) in [6, 6.07) is 16.4. The number of benzene rings is 2. The molecule has 5 heteroatoms. The Morgan fingerprint density at radius 1 is 1.03 bits per heavy atom. The lowest BCUT2D eigenvalue weighted by atomic mass is 9.76. The van der Waals surface area contributed by atoms with E-state index in [9.17, 15) is 4.79 Å². The fraction of sp³-hybridized carbons (Fsp3) is 0.280. The highest BCUT2D eigenvalue weighted by Gasteiger charge is 2.38. The number of Topliss-reactive ketones (excluding diaryl/α,β-unsaturated/α-hetero) is 1. The minimum atomic E-state index is -0.117. The smallest absolute Gasteiger partial charge is 0.161 e. The van der Waals surface area contributed by atoms with E-state index in [4.69, 9.17) is 9.84 Å². The average Bonchev–Trinajstić information content (AvgIpc) is 3.09. The number of ether oxygens (including phenoxy) is 1. The van der Waals surface area contributed by atoms with Crippen LogP contribution in [-0.4, -0.2) is 22.7 Å². The molecule has 30 heavy (non-hydrogen) atoms. The molecule has 0 amide bonds. The number of aryl methyl sites for hydroxylation is 2. The molecule has 0 saturated carbocycles. The number of methoxy groups -OCH3 is 1. The summed E-state index contributed by atoms with van der Waals surface area (Å²) in [5.41, 5.74) is 7.25. The van der Waals surface area contributed by atoms with Gasteiger partial charge in [-0.1, -0.05) is 29.8 Å². The van der Waals surface area contributed by atoms with Gasteiger partial charge in [-0.25, -0.2) is 4.68 Å². The van der Waals surface area contributed by atoms with E-state index in [1.165, 1.54) is 5.56 Å². The van der Waals surface area contributed by atoms with Gasteiger partial charge >= 0.3 is 0 Å². The van der Waals surface area contributed by atoms with Crippen LogP contribution < -0.4 is 10.1 Å². The summed E-state index contributed by atoms with van der Waals surface area (Å²) in [5.74, 6) is 1.89. The number of rotatable bonds is 3. The molecule has 5 nitrogen and oxygen atoms in total. The normalized spacial score (nSPS) is 18.0. The summed E-state index contributed by atoms with van der Waals surface area (Å²) >= 11 is 0. The molecule has 2 heterocycles. The third kappa shape index (κ3) is 2.93. The highest BCUT2D eigenvalue weighted by Crippen LogP contribution is 2.47. The van der Waals surface area contributed by atoms with Gasteiger partial charge in [-0.15, -0.1) is 0 Å². The van der Waals surface area contributed by atoms with Gasteiger partial charge in [-0.3, -0.25) is 4.79 Å². The zero-order valence-corrected chi connectivity index (χ0v) is 17.5. The van der Waals surface area contributed by atoms with Crippen LogP contribution in [0, 0.1) is 13.8 Å². The number of carbonyl (C=O) groups excluding carboxylic acids is 1. The highest BCUT2D eigenvalue weighted by atomic mass is 16.5. The Morgan fingerprint density at radius 2 is 1.77 bits per heavy atom. The van der Waals surface area contributed by atoms with Crippen LogP contribution in [0.25, 0.3) is 5.69 Å². The first kappa shape index (κ1) is 18.7. The number of hydrogen-bond donors (Lipinski definition) is 1. The minimum Gasteiger partial charge on any atom is -0.497 e. The largest absolute Gasteiger partial charge is 0.497 e. The number of aromatic nitrogens is 2. The van der Waals surface area contributed by atoms with Crippen LogP contribution in [-0.2, 0) is 4.79 Å². The monoisotopic (exact) mass is 399 g/mol. The van der Waals surface area contributed by atoms with Gasteiger partial charge in [0.2, 0.25) is 0 Å². The zero-order valence-electron chi connectivity index (χ0n) is 17.5. The number of hydrogen-bond acceptors (Lipinski definition) is 4. The summed E-state index contributed by atoms with van der Waals surface area (Å²) in [6.07, 6.45) is 2.37. The molecule has 0 saturated heterocycles. The predicted octanol–water partition coefficient (Wildman–Crippen LogP) is 5.06. The van der Waals surface area contributed by atoms with Gasteiger partial charge < -0.3 is 10.1 Å². The van der Waals surface area contributed by atoms with E-state index in [1.54, 1.807) is 7.11 Å². The standard InChI is InChI=1S/C25H25N3O2/c1-15-7-11-18(12-8-15)28-25-22(16(2)27-28)23(17-9-13-19(30-3)14-10-17)24-20(26-25)5-4-6-21(24)29/h7-14,23,26H,4-6H2,1-3H3. The number of nitrogens with zero attached hydrogens (tertiary/aromatic N) is 2. The lowest BCUT2D eigenvalue weighted by Crippen LogP contribution is -2.27. The predicted molar refractivity (Wildman–Crippen MR) is 117 cm³/mol. The van der Waals surface area contributed by atoms with Gasteiger partial charge in [0.1, 0.15) is 11.6 Å². The van der Waals surface area contributed by atoms with Crippen LogP contribution in [0.1, 0.15) is 47.6 Å². The molecular weight excluding hydrogens is 374 g/mol. The third-order valence-corrected chi connectivity index (χ3v) is 6.14. The Labute approximate surface area is 176 Å². The topological polar surface area (TPSA) is 56.1 Å². The number of nitrogens with one attached hydrogen (secondary N) is 1. The van der Waals surface area contributed by atoms with Crippen molar-refractivity contribution in [1.29, 1.82) is 0 Å². The number of allylic oxidation sites excluding steroid dienone is 2. The Morgan fingerprint density at radius 3 is 2.47 bits per heavy atom. The molecule has 3 aromatic rings. The Hall–Kier alpha value is -3.34. The first-order chi connectivity index (χ1) is 14.6. The molecule has 1 aromatic heterocycles. The van der Waals surface area contributed by atoms with Crippen molar-refractivity contribution in [3.05, 3.63) is 82.2 Å². The van der Waals surface area contributed by atoms with Crippen LogP contribution >= 0.6 is 0 Å². The van der Waals surface area contributed by atoms with E-state index >= 15 is 0 Å². The number of ketones is 1. The van der Waals surface area contributed by atoms with Gasteiger partial charge in [0.15, 0.2) is 5.78 Å². The number of fused-ring (bicyclic) bond motifs is 1. The van der Waals surface area contributed by atoms with Crippen molar-refractivity contribution in [3.63, 3.8) is 0 Å². The van der Waals surface area contributed by atoms with Gasteiger partial charge in [0.25, 0.3) is 0 Å². The van der Waals surface area contributed by atoms with Gasteiger partial charge in [-0.2, -0.15) is 5.10 Å². The zero-order chi connectivity index (χ0) is 20.8. The van der Waals surface area contributed by atoms with E-state index in [-0.39, 0.29) is 11.7 Å². The summed E-state index contributed by atoms with van der Waals surface area (Å²) in [4.78, 5) is 13.0. The molecule has 5 rings (SSSR count). The molecule has 1 atom stereocenters. The van der Waals surface area contributed by atoms with Crippen molar-refractivity contribution >= 4 is 11.6 Å². The van der Waals surface area contributed by atoms with Crippen LogP contribution in [0.15, 0.2) is 59.8 Å². The fourth-order valence-corrected chi connectivity index (χ4v) is 4.62. The SMILES string of the molecule is COc1ccc(C2C3=C(CCCC3=O)Nc3c2c(C)nn3-c2ccc(C)cc2)cc1. The average molecular weight is 399 g/mol. The van der Waals surface area contributed by atoms with Crippen LogP contribution in [0.3, 0.4) is 0 Å².